The van der Waals surface area contributed by atoms with Crippen molar-refractivity contribution in [2.24, 2.45) is 5.92 Å². The second kappa shape index (κ2) is 8.66. The number of ether oxygens (including phenoxy) is 2. The quantitative estimate of drug-likeness (QED) is 0.754. The van der Waals surface area contributed by atoms with Crippen LogP contribution in [0.25, 0.3) is 0 Å². The van der Waals surface area contributed by atoms with Gasteiger partial charge in [0.05, 0.1) is 26.0 Å². The number of nitrogens with zero attached hydrogens (tertiary/aromatic N) is 1. The van der Waals surface area contributed by atoms with Crippen LogP contribution in [-0.4, -0.2) is 53.1 Å². The molecule has 0 unspecified atom stereocenters. The van der Waals surface area contributed by atoms with Crippen LogP contribution in [0.15, 0.2) is 46.1 Å². The maximum atomic E-state index is 12.7. The number of carbonyl (C=O) groups excluding carboxylic acids is 1. The van der Waals surface area contributed by atoms with Crippen molar-refractivity contribution >= 4 is 15.9 Å². The summed E-state index contributed by atoms with van der Waals surface area (Å²) in [7, 11) is -0.848. The van der Waals surface area contributed by atoms with Crippen molar-refractivity contribution < 1.29 is 27.1 Å². The predicted octanol–water partition coefficient (Wildman–Crippen LogP) is 2.13. The number of amides is 1. The second-order valence-corrected chi connectivity index (χ2v) is 8.35. The normalized spacial score (nSPS) is 15.4. The molecule has 28 heavy (non-hydrogen) atoms. The van der Waals surface area contributed by atoms with Crippen molar-refractivity contribution in [2.75, 3.05) is 33.9 Å². The van der Waals surface area contributed by atoms with E-state index in [1.165, 1.54) is 32.8 Å². The van der Waals surface area contributed by atoms with Gasteiger partial charge in [0.15, 0.2) is 0 Å². The third-order valence-electron chi connectivity index (χ3n) is 4.89. The molecule has 0 saturated carbocycles. The van der Waals surface area contributed by atoms with Crippen LogP contribution in [0.1, 0.15) is 23.2 Å². The Morgan fingerprint density at radius 2 is 1.96 bits per heavy atom. The highest BCUT2D eigenvalue weighted by atomic mass is 32.2. The van der Waals surface area contributed by atoms with Crippen LogP contribution < -0.4 is 14.2 Å². The molecule has 8 nitrogen and oxygen atoms in total. The Hall–Kier alpha value is -2.52. The minimum atomic E-state index is -3.75. The molecule has 1 aromatic heterocycles. The zero-order valence-corrected chi connectivity index (χ0v) is 16.7. The van der Waals surface area contributed by atoms with E-state index in [1.54, 1.807) is 23.1 Å². The monoisotopic (exact) mass is 408 g/mol. The zero-order valence-electron chi connectivity index (χ0n) is 15.9. The molecular formula is C19H24N2O6S. The molecule has 1 saturated heterocycles. The van der Waals surface area contributed by atoms with E-state index in [0.29, 0.717) is 30.9 Å². The number of sulfonamides is 1. The molecule has 1 aliphatic rings. The number of furan rings is 1. The number of likely N-dealkylation sites (tertiary alicyclic amines) is 1. The second-order valence-electron chi connectivity index (χ2n) is 6.62. The summed E-state index contributed by atoms with van der Waals surface area (Å²) < 4.78 is 43.4. The molecule has 0 atom stereocenters. The van der Waals surface area contributed by atoms with Crippen molar-refractivity contribution in [3.63, 3.8) is 0 Å². The van der Waals surface area contributed by atoms with E-state index in [4.69, 9.17) is 13.9 Å². The number of piperidine rings is 1. The first-order valence-corrected chi connectivity index (χ1v) is 10.5. The van der Waals surface area contributed by atoms with Crippen molar-refractivity contribution in [2.45, 2.75) is 17.7 Å². The maximum absolute atomic E-state index is 12.7. The Labute approximate surface area is 164 Å². The number of rotatable bonds is 7. The molecule has 1 fully saturated rings. The number of hydrogen-bond donors (Lipinski definition) is 1. The lowest BCUT2D eigenvalue weighted by Gasteiger charge is -2.31. The van der Waals surface area contributed by atoms with E-state index in [1.807, 2.05) is 0 Å². The predicted molar refractivity (Wildman–Crippen MR) is 102 cm³/mol. The van der Waals surface area contributed by atoms with Crippen molar-refractivity contribution in [1.82, 2.24) is 9.62 Å². The number of nitrogens with one attached hydrogen (secondary N) is 1. The van der Waals surface area contributed by atoms with Crippen molar-refractivity contribution in [1.29, 1.82) is 0 Å². The fourth-order valence-electron chi connectivity index (χ4n) is 3.21. The molecule has 1 N–H and O–H groups in total. The first kappa shape index (κ1) is 20.2. The molecule has 1 amide bonds. The first-order chi connectivity index (χ1) is 13.4. The van der Waals surface area contributed by atoms with Gasteiger partial charge in [0, 0.05) is 25.7 Å². The van der Waals surface area contributed by atoms with Gasteiger partial charge in [0.1, 0.15) is 22.7 Å². The van der Waals surface area contributed by atoms with Gasteiger partial charge in [-0.25, -0.2) is 13.1 Å². The first-order valence-electron chi connectivity index (χ1n) is 8.97. The van der Waals surface area contributed by atoms with Gasteiger partial charge in [-0.05, 0) is 37.0 Å². The Balaban J connectivity index is 1.58. The summed E-state index contributed by atoms with van der Waals surface area (Å²) >= 11 is 0. The van der Waals surface area contributed by atoms with Crippen molar-refractivity contribution in [3.8, 4) is 11.5 Å². The van der Waals surface area contributed by atoms with Crippen LogP contribution >= 0.6 is 0 Å². The van der Waals surface area contributed by atoms with Gasteiger partial charge in [-0.15, -0.1) is 0 Å². The summed E-state index contributed by atoms with van der Waals surface area (Å²) in [6, 6.07) is 6.29. The molecule has 1 aromatic carbocycles. The van der Waals surface area contributed by atoms with Gasteiger partial charge in [-0.3, -0.25) is 4.79 Å². The molecule has 9 heteroatoms. The Morgan fingerprint density at radius 3 is 2.57 bits per heavy atom. The van der Waals surface area contributed by atoms with E-state index >= 15 is 0 Å². The largest absolute Gasteiger partial charge is 0.497 e. The lowest BCUT2D eigenvalue weighted by atomic mass is 9.97. The average molecular weight is 408 g/mol. The zero-order chi connectivity index (χ0) is 20.1. The van der Waals surface area contributed by atoms with Crippen LogP contribution in [0.3, 0.4) is 0 Å². The van der Waals surface area contributed by atoms with Gasteiger partial charge in [0.25, 0.3) is 5.91 Å². The minimum Gasteiger partial charge on any atom is -0.497 e. The van der Waals surface area contributed by atoms with Crippen LogP contribution in [0, 0.1) is 5.92 Å². The van der Waals surface area contributed by atoms with Crippen molar-refractivity contribution in [3.05, 3.63) is 42.4 Å². The molecule has 2 aromatic rings. The number of methoxy groups -OCH3 is 2. The lowest BCUT2D eigenvalue weighted by Crippen LogP contribution is -2.41. The fraction of sp³-hybridized carbons (Fsp3) is 0.421. The summed E-state index contributed by atoms with van der Waals surface area (Å²) in [6.07, 6.45) is 4.36. The van der Waals surface area contributed by atoms with E-state index in [-0.39, 0.29) is 22.5 Å². The molecule has 0 bridgehead atoms. The van der Waals surface area contributed by atoms with Crippen LogP contribution in [0.5, 0.6) is 11.5 Å². The van der Waals surface area contributed by atoms with Gasteiger partial charge in [0.2, 0.25) is 10.0 Å². The van der Waals surface area contributed by atoms with Crippen LogP contribution in [0.4, 0.5) is 0 Å². The third-order valence-corrected chi connectivity index (χ3v) is 6.34. The Kier molecular flexibility index (Phi) is 6.25. The molecule has 0 radical (unpaired) electrons. The number of hydrogen-bond acceptors (Lipinski definition) is 6. The smallest absolute Gasteiger partial charge is 0.257 e. The van der Waals surface area contributed by atoms with Gasteiger partial charge >= 0.3 is 0 Å². The lowest BCUT2D eigenvalue weighted by molar-refractivity contribution is 0.0691. The SMILES string of the molecule is COc1ccc(OC)c(S(=O)(=O)NCC2CCN(C(=O)c3ccoc3)CC2)c1. The molecular weight excluding hydrogens is 384 g/mol. The fourth-order valence-corrected chi connectivity index (χ4v) is 4.51. The van der Waals surface area contributed by atoms with Gasteiger partial charge < -0.3 is 18.8 Å². The highest BCUT2D eigenvalue weighted by Gasteiger charge is 2.26. The van der Waals surface area contributed by atoms with Gasteiger partial charge in [-0.1, -0.05) is 0 Å². The Bertz CT molecular complexity index is 903. The number of benzene rings is 1. The standard InChI is InChI=1S/C19H24N2O6S/c1-25-16-3-4-17(26-2)18(11-16)28(23,24)20-12-14-5-8-21(9-6-14)19(22)15-7-10-27-13-15/h3-4,7,10-11,13-14,20H,5-6,8-9,12H2,1-2H3. The topological polar surface area (TPSA) is 98.1 Å². The van der Waals surface area contributed by atoms with E-state index < -0.39 is 10.0 Å². The third kappa shape index (κ3) is 4.48. The van der Waals surface area contributed by atoms with Crippen LogP contribution in [-0.2, 0) is 10.0 Å². The van der Waals surface area contributed by atoms with E-state index in [0.717, 1.165) is 12.8 Å². The number of carbonyl (C=O) groups is 1. The summed E-state index contributed by atoms with van der Waals surface area (Å²) in [5, 5.41) is 0. The molecule has 0 spiro atoms. The Morgan fingerprint density at radius 1 is 1.21 bits per heavy atom. The average Bonchev–Trinajstić information content (AvgIpc) is 3.26. The summed E-state index contributed by atoms with van der Waals surface area (Å²) in [5.74, 6) is 0.787. The summed E-state index contributed by atoms with van der Waals surface area (Å²) in [5.41, 5.74) is 0.532. The molecule has 2 heterocycles. The molecule has 3 rings (SSSR count). The van der Waals surface area contributed by atoms with Crippen LogP contribution in [0.2, 0.25) is 0 Å². The molecule has 152 valence electrons. The minimum absolute atomic E-state index is 0.0434. The summed E-state index contributed by atoms with van der Waals surface area (Å²) in [4.78, 5) is 14.1. The maximum Gasteiger partial charge on any atom is 0.257 e. The molecule has 0 aliphatic carbocycles. The highest BCUT2D eigenvalue weighted by molar-refractivity contribution is 7.89. The summed E-state index contributed by atoms with van der Waals surface area (Å²) in [6.45, 7) is 1.47. The highest BCUT2D eigenvalue weighted by Crippen LogP contribution is 2.28. The van der Waals surface area contributed by atoms with E-state index in [9.17, 15) is 13.2 Å². The van der Waals surface area contributed by atoms with E-state index in [2.05, 4.69) is 4.72 Å². The molecule has 1 aliphatic heterocycles. The van der Waals surface area contributed by atoms with Gasteiger partial charge in [-0.2, -0.15) is 0 Å².